The Bertz CT molecular complexity index is 653. The zero-order valence-electron chi connectivity index (χ0n) is 11.8. The Hall–Kier alpha value is -2.62. The largest absolute Gasteiger partial charge is 0.468 e. The van der Waals surface area contributed by atoms with Gasteiger partial charge >= 0.3 is 5.97 Å². The van der Waals surface area contributed by atoms with E-state index >= 15 is 0 Å². The Morgan fingerprint density at radius 3 is 2.33 bits per heavy atom. The van der Waals surface area contributed by atoms with Crippen molar-refractivity contribution in [2.75, 3.05) is 18.7 Å². The van der Waals surface area contributed by atoms with E-state index in [0.29, 0.717) is 6.54 Å². The highest BCUT2D eigenvalue weighted by molar-refractivity contribution is 6.13. The van der Waals surface area contributed by atoms with E-state index in [1.54, 1.807) is 0 Å². The third-order valence-corrected chi connectivity index (χ3v) is 3.52. The number of hydrogen-bond acceptors (Lipinski definition) is 4. The van der Waals surface area contributed by atoms with Crippen LogP contribution in [0.15, 0.2) is 65.8 Å². The molecule has 2 aromatic carbocycles. The second-order valence-corrected chi connectivity index (χ2v) is 4.84. The topological polar surface area (TPSA) is 41.9 Å². The molecule has 4 heteroatoms. The Kier molecular flexibility index (Phi) is 3.69. The molecular weight excluding hydrogens is 264 g/mol. The molecule has 0 N–H and O–H groups in total. The first-order valence-electron chi connectivity index (χ1n) is 6.84. The summed E-state index contributed by atoms with van der Waals surface area (Å²) in [5, 5.41) is 6.48. The molecule has 21 heavy (non-hydrogen) atoms. The number of carbonyl (C=O) groups is 1. The van der Waals surface area contributed by atoms with Crippen LogP contribution in [0.1, 0.15) is 5.56 Å². The van der Waals surface area contributed by atoms with Crippen molar-refractivity contribution in [3.63, 3.8) is 0 Å². The van der Waals surface area contributed by atoms with Gasteiger partial charge in [0.25, 0.3) is 0 Å². The van der Waals surface area contributed by atoms with Gasteiger partial charge in [0.2, 0.25) is 0 Å². The summed E-state index contributed by atoms with van der Waals surface area (Å²) in [4.78, 5) is 12.0. The fourth-order valence-electron chi connectivity index (χ4n) is 2.46. The highest BCUT2D eigenvalue weighted by Crippen LogP contribution is 2.25. The normalized spacial score (nSPS) is 17.5. The van der Waals surface area contributed by atoms with Crippen molar-refractivity contribution in [2.24, 2.45) is 11.0 Å². The lowest BCUT2D eigenvalue weighted by molar-refractivity contribution is -0.142. The lowest BCUT2D eigenvalue weighted by Crippen LogP contribution is -2.28. The van der Waals surface area contributed by atoms with Crippen molar-refractivity contribution >= 4 is 17.4 Å². The summed E-state index contributed by atoms with van der Waals surface area (Å²) in [7, 11) is 1.41. The van der Waals surface area contributed by atoms with Gasteiger partial charge in [0.1, 0.15) is 5.92 Å². The van der Waals surface area contributed by atoms with E-state index in [0.717, 1.165) is 17.0 Å². The van der Waals surface area contributed by atoms with E-state index in [-0.39, 0.29) is 11.9 Å². The molecule has 0 bridgehead atoms. The molecule has 1 heterocycles. The molecular formula is C17H16N2O2. The van der Waals surface area contributed by atoms with Crippen LogP contribution in [0.4, 0.5) is 5.69 Å². The van der Waals surface area contributed by atoms with Gasteiger partial charge in [-0.25, -0.2) is 0 Å². The first-order chi connectivity index (χ1) is 10.3. The summed E-state index contributed by atoms with van der Waals surface area (Å²) >= 11 is 0. The molecule has 3 rings (SSSR count). The van der Waals surface area contributed by atoms with Gasteiger partial charge in [-0.2, -0.15) is 5.10 Å². The van der Waals surface area contributed by atoms with E-state index in [1.807, 2.05) is 65.7 Å². The van der Waals surface area contributed by atoms with Crippen LogP contribution >= 0.6 is 0 Å². The van der Waals surface area contributed by atoms with Gasteiger partial charge in [-0.3, -0.25) is 9.80 Å². The molecule has 106 valence electrons. The number of esters is 1. The van der Waals surface area contributed by atoms with Crippen molar-refractivity contribution in [1.82, 2.24) is 0 Å². The Morgan fingerprint density at radius 1 is 1.10 bits per heavy atom. The van der Waals surface area contributed by atoms with Crippen LogP contribution in [0.2, 0.25) is 0 Å². The third kappa shape index (κ3) is 2.65. The molecule has 0 spiro atoms. The first-order valence-corrected chi connectivity index (χ1v) is 6.84. The van der Waals surface area contributed by atoms with Crippen LogP contribution in [0.25, 0.3) is 0 Å². The second-order valence-electron chi connectivity index (χ2n) is 4.84. The molecule has 4 nitrogen and oxygen atoms in total. The molecule has 0 saturated carbocycles. The number of rotatable bonds is 3. The smallest absolute Gasteiger partial charge is 0.316 e. The number of carbonyl (C=O) groups excluding carboxylic acids is 1. The number of anilines is 1. The summed E-state index contributed by atoms with van der Waals surface area (Å²) in [6.07, 6.45) is 0. The Balaban J connectivity index is 1.98. The fourth-order valence-corrected chi connectivity index (χ4v) is 2.46. The Morgan fingerprint density at radius 2 is 1.71 bits per heavy atom. The summed E-state index contributed by atoms with van der Waals surface area (Å²) in [5.41, 5.74) is 2.68. The highest BCUT2D eigenvalue weighted by Gasteiger charge is 2.34. The van der Waals surface area contributed by atoms with Crippen LogP contribution in [-0.4, -0.2) is 25.3 Å². The van der Waals surface area contributed by atoms with Crippen molar-refractivity contribution in [3.05, 3.63) is 66.2 Å². The van der Waals surface area contributed by atoms with E-state index in [1.165, 1.54) is 7.11 Å². The maximum absolute atomic E-state index is 12.0. The second kappa shape index (κ2) is 5.79. The van der Waals surface area contributed by atoms with E-state index < -0.39 is 0 Å². The average molecular weight is 280 g/mol. The van der Waals surface area contributed by atoms with Gasteiger partial charge in [-0.15, -0.1) is 0 Å². The standard InChI is InChI=1S/C17H16N2O2/c1-21-17(20)15-12-19(14-10-6-3-7-11-14)18-16(15)13-8-4-2-5-9-13/h2-11,15H,12H2,1H3/t15-/m1/s1. The molecule has 1 aliphatic heterocycles. The molecule has 0 radical (unpaired) electrons. The average Bonchev–Trinajstić information content (AvgIpc) is 3.01. The lowest BCUT2D eigenvalue weighted by Gasteiger charge is -2.14. The molecule has 0 fully saturated rings. The number of ether oxygens (including phenoxy) is 1. The van der Waals surface area contributed by atoms with Crippen molar-refractivity contribution in [2.45, 2.75) is 0 Å². The van der Waals surface area contributed by atoms with Crippen LogP contribution in [0, 0.1) is 5.92 Å². The first kappa shape index (κ1) is 13.4. The summed E-state index contributed by atoms with van der Waals surface area (Å²) < 4.78 is 4.92. The van der Waals surface area contributed by atoms with Crippen LogP contribution in [-0.2, 0) is 9.53 Å². The van der Waals surface area contributed by atoms with E-state index in [9.17, 15) is 4.79 Å². The van der Waals surface area contributed by atoms with Gasteiger partial charge in [0.05, 0.1) is 25.1 Å². The maximum Gasteiger partial charge on any atom is 0.316 e. The van der Waals surface area contributed by atoms with Crippen molar-refractivity contribution in [1.29, 1.82) is 0 Å². The number of methoxy groups -OCH3 is 1. The maximum atomic E-state index is 12.0. The van der Waals surface area contributed by atoms with Crippen molar-refractivity contribution < 1.29 is 9.53 Å². The predicted molar refractivity (Wildman–Crippen MR) is 82.3 cm³/mol. The molecule has 0 aliphatic carbocycles. The monoisotopic (exact) mass is 280 g/mol. The molecule has 0 amide bonds. The zero-order valence-corrected chi connectivity index (χ0v) is 11.8. The molecule has 0 saturated heterocycles. The summed E-state index contributed by atoms with van der Waals surface area (Å²) in [6, 6.07) is 19.6. The molecule has 1 aliphatic rings. The van der Waals surface area contributed by atoms with Gasteiger partial charge in [-0.05, 0) is 17.7 Å². The molecule has 0 aromatic heterocycles. The minimum Gasteiger partial charge on any atom is -0.468 e. The van der Waals surface area contributed by atoms with Gasteiger partial charge in [0, 0.05) is 0 Å². The van der Waals surface area contributed by atoms with Gasteiger partial charge in [-0.1, -0.05) is 48.5 Å². The van der Waals surface area contributed by atoms with Crippen LogP contribution in [0.3, 0.4) is 0 Å². The number of para-hydroxylation sites is 1. The summed E-state index contributed by atoms with van der Waals surface area (Å²) in [5.74, 6) is -0.617. The van der Waals surface area contributed by atoms with Gasteiger partial charge < -0.3 is 4.74 Å². The quantitative estimate of drug-likeness (QED) is 0.812. The van der Waals surface area contributed by atoms with E-state index in [2.05, 4.69) is 5.10 Å². The third-order valence-electron chi connectivity index (χ3n) is 3.52. The predicted octanol–water partition coefficient (Wildman–Crippen LogP) is 2.70. The number of hydrazone groups is 1. The highest BCUT2D eigenvalue weighted by atomic mass is 16.5. The Labute approximate surface area is 123 Å². The fraction of sp³-hybridized carbons (Fsp3) is 0.176. The zero-order chi connectivity index (χ0) is 14.7. The van der Waals surface area contributed by atoms with Crippen LogP contribution < -0.4 is 5.01 Å². The van der Waals surface area contributed by atoms with Crippen LogP contribution in [0.5, 0.6) is 0 Å². The number of hydrogen-bond donors (Lipinski definition) is 0. The minimum atomic E-state index is -0.363. The van der Waals surface area contributed by atoms with Gasteiger partial charge in [0.15, 0.2) is 0 Å². The lowest BCUT2D eigenvalue weighted by atomic mass is 9.98. The molecule has 0 unspecified atom stereocenters. The molecule has 2 aromatic rings. The number of benzene rings is 2. The summed E-state index contributed by atoms with van der Waals surface area (Å²) in [6.45, 7) is 0.501. The van der Waals surface area contributed by atoms with E-state index in [4.69, 9.17) is 4.74 Å². The molecule has 1 atom stereocenters. The number of nitrogens with zero attached hydrogens (tertiary/aromatic N) is 2. The SMILES string of the molecule is COC(=O)[C@@H]1CN(c2ccccc2)N=C1c1ccccc1. The minimum absolute atomic E-state index is 0.254. The van der Waals surface area contributed by atoms with Crippen molar-refractivity contribution in [3.8, 4) is 0 Å².